The summed E-state index contributed by atoms with van der Waals surface area (Å²) in [6, 6.07) is 6.17. The molecule has 2 rings (SSSR count). The topological polar surface area (TPSA) is 18.5 Å². The molecule has 14 heavy (non-hydrogen) atoms. The maximum atomic E-state index is 5.58. The van der Waals surface area contributed by atoms with E-state index in [0.29, 0.717) is 13.2 Å². The largest absolute Gasteiger partial charge is 0.344 e. The van der Waals surface area contributed by atoms with Gasteiger partial charge in [-0.05, 0) is 25.5 Å². The SMILES string of the molecule is Cc1ccc(C2(C)OCCO2)cc1Br. The van der Waals surface area contributed by atoms with Crippen LogP contribution in [0.4, 0.5) is 0 Å². The lowest BCUT2D eigenvalue weighted by Crippen LogP contribution is -2.22. The molecule has 0 aromatic heterocycles. The predicted molar refractivity (Wildman–Crippen MR) is 58.1 cm³/mol. The Morgan fingerprint density at radius 3 is 2.50 bits per heavy atom. The minimum atomic E-state index is -0.559. The fraction of sp³-hybridized carbons (Fsp3) is 0.455. The molecule has 1 saturated heterocycles. The van der Waals surface area contributed by atoms with Crippen molar-refractivity contribution in [2.24, 2.45) is 0 Å². The number of halogens is 1. The van der Waals surface area contributed by atoms with Gasteiger partial charge in [0.1, 0.15) is 0 Å². The van der Waals surface area contributed by atoms with Crippen molar-refractivity contribution in [3.63, 3.8) is 0 Å². The van der Waals surface area contributed by atoms with Crippen molar-refractivity contribution in [2.45, 2.75) is 19.6 Å². The Morgan fingerprint density at radius 2 is 1.93 bits per heavy atom. The molecule has 3 heteroatoms. The highest BCUT2D eigenvalue weighted by Gasteiger charge is 2.33. The van der Waals surface area contributed by atoms with Crippen molar-refractivity contribution < 1.29 is 9.47 Å². The number of hydrogen-bond donors (Lipinski definition) is 0. The van der Waals surface area contributed by atoms with Crippen molar-refractivity contribution >= 4 is 15.9 Å². The van der Waals surface area contributed by atoms with Crippen LogP contribution >= 0.6 is 15.9 Å². The molecule has 1 aromatic rings. The third kappa shape index (κ3) is 1.72. The van der Waals surface area contributed by atoms with Gasteiger partial charge in [0.2, 0.25) is 0 Å². The van der Waals surface area contributed by atoms with Crippen molar-refractivity contribution in [2.75, 3.05) is 13.2 Å². The van der Waals surface area contributed by atoms with Gasteiger partial charge in [-0.25, -0.2) is 0 Å². The van der Waals surface area contributed by atoms with Gasteiger partial charge in [-0.2, -0.15) is 0 Å². The van der Waals surface area contributed by atoms with Gasteiger partial charge in [0.25, 0.3) is 0 Å². The Bertz CT molecular complexity index is 343. The molecule has 1 heterocycles. The molecule has 0 saturated carbocycles. The fourth-order valence-corrected chi connectivity index (χ4v) is 1.94. The second-order valence-corrected chi connectivity index (χ2v) is 4.46. The first-order valence-corrected chi connectivity index (χ1v) is 5.46. The van der Waals surface area contributed by atoms with Crippen LogP contribution in [0.15, 0.2) is 22.7 Å². The Balaban J connectivity index is 2.36. The molecule has 76 valence electrons. The molecule has 1 aromatic carbocycles. The Hall–Kier alpha value is -0.380. The summed E-state index contributed by atoms with van der Waals surface area (Å²) >= 11 is 3.51. The van der Waals surface area contributed by atoms with Gasteiger partial charge in [0.15, 0.2) is 5.79 Å². The molecule has 2 nitrogen and oxygen atoms in total. The van der Waals surface area contributed by atoms with E-state index < -0.39 is 5.79 Å². The molecule has 0 amide bonds. The third-order valence-electron chi connectivity index (χ3n) is 2.53. The monoisotopic (exact) mass is 256 g/mol. The van der Waals surface area contributed by atoms with Gasteiger partial charge < -0.3 is 9.47 Å². The molecule has 0 radical (unpaired) electrons. The highest BCUT2D eigenvalue weighted by Crippen LogP contribution is 2.32. The van der Waals surface area contributed by atoms with E-state index in [1.54, 1.807) is 0 Å². The van der Waals surface area contributed by atoms with Gasteiger partial charge in [-0.15, -0.1) is 0 Å². The van der Waals surface area contributed by atoms with Gasteiger partial charge in [0, 0.05) is 10.0 Å². The zero-order valence-corrected chi connectivity index (χ0v) is 9.93. The second-order valence-electron chi connectivity index (χ2n) is 3.61. The Labute approximate surface area is 92.3 Å². The summed E-state index contributed by atoms with van der Waals surface area (Å²) in [6.07, 6.45) is 0. The average Bonchev–Trinajstić information content (AvgIpc) is 2.58. The highest BCUT2D eigenvalue weighted by molar-refractivity contribution is 9.10. The lowest BCUT2D eigenvalue weighted by molar-refractivity contribution is -0.149. The van der Waals surface area contributed by atoms with E-state index in [-0.39, 0.29) is 0 Å². The smallest absolute Gasteiger partial charge is 0.192 e. The molecular weight excluding hydrogens is 244 g/mol. The minimum Gasteiger partial charge on any atom is -0.344 e. The molecule has 1 fully saturated rings. The summed E-state index contributed by atoms with van der Waals surface area (Å²) in [7, 11) is 0. The average molecular weight is 257 g/mol. The van der Waals surface area contributed by atoms with Gasteiger partial charge in [-0.1, -0.05) is 28.1 Å². The summed E-state index contributed by atoms with van der Waals surface area (Å²) in [4.78, 5) is 0. The maximum Gasteiger partial charge on any atom is 0.192 e. The molecule has 0 unspecified atom stereocenters. The predicted octanol–water partition coefficient (Wildman–Crippen LogP) is 2.98. The molecule has 0 aliphatic carbocycles. The Morgan fingerprint density at radius 1 is 1.29 bits per heavy atom. The van der Waals surface area contributed by atoms with E-state index in [2.05, 4.69) is 35.0 Å². The number of rotatable bonds is 1. The van der Waals surface area contributed by atoms with Crippen molar-refractivity contribution in [3.8, 4) is 0 Å². The van der Waals surface area contributed by atoms with Crippen LogP contribution in [0.1, 0.15) is 18.1 Å². The first kappa shape index (κ1) is 10.1. The standard InChI is InChI=1S/C11H13BrO2/c1-8-3-4-9(7-10(8)12)11(2)13-5-6-14-11/h3-4,7H,5-6H2,1-2H3. The van der Waals surface area contributed by atoms with Crippen LogP contribution < -0.4 is 0 Å². The lowest BCUT2D eigenvalue weighted by Gasteiger charge is -2.23. The van der Waals surface area contributed by atoms with Gasteiger partial charge in [-0.3, -0.25) is 0 Å². The first-order chi connectivity index (χ1) is 6.62. The molecule has 0 N–H and O–H groups in total. The first-order valence-electron chi connectivity index (χ1n) is 4.66. The third-order valence-corrected chi connectivity index (χ3v) is 3.39. The van der Waals surface area contributed by atoms with Crippen LogP contribution in [0.3, 0.4) is 0 Å². The summed E-state index contributed by atoms with van der Waals surface area (Å²) in [5.41, 5.74) is 2.28. The maximum absolute atomic E-state index is 5.58. The van der Waals surface area contributed by atoms with Crippen molar-refractivity contribution in [1.29, 1.82) is 0 Å². The fourth-order valence-electron chi connectivity index (χ4n) is 1.56. The Kier molecular flexibility index (Phi) is 2.64. The van der Waals surface area contributed by atoms with E-state index in [0.717, 1.165) is 10.0 Å². The van der Waals surface area contributed by atoms with Crippen molar-refractivity contribution in [3.05, 3.63) is 33.8 Å². The molecule has 1 aliphatic heterocycles. The minimum absolute atomic E-state index is 0.559. The quantitative estimate of drug-likeness (QED) is 0.770. The van der Waals surface area contributed by atoms with Gasteiger partial charge in [0.05, 0.1) is 13.2 Å². The van der Waals surface area contributed by atoms with E-state index in [4.69, 9.17) is 9.47 Å². The highest BCUT2D eigenvalue weighted by atomic mass is 79.9. The van der Waals surface area contributed by atoms with Crippen LogP contribution in [0.2, 0.25) is 0 Å². The summed E-state index contributed by atoms with van der Waals surface area (Å²) in [6.45, 7) is 5.35. The summed E-state index contributed by atoms with van der Waals surface area (Å²) in [5, 5.41) is 0. The van der Waals surface area contributed by atoms with E-state index >= 15 is 0 Å². The zero-order valence-electron chi connectivity index (χ0n) is 8.34. The molecule has 0 atom stereocenters. The number of ether oxygens (including phenoxy) is 2. The van der Waals surface area contributed by atoms with E-state index in [1.165, 1.54) is 5.56 Å². The number of hydrogen-bond acceptors (Lipinski definition) is 2. The molecule has 0 spiro atoms. The molecular formula is C11H13BrO2. The number of benzene rings is 1. The second kappa shape index (κ2) is 3.65. The zero-order chi connectivity index (χ0) is 10.2. The lowest BCUT2D eigenvalue weighted by atomic mass is 10.1. The molecule has 1 aliphatic rings. The van der Waals surface area contributed by atoms with E-state index in [9.17, 15) is 0 Å². The van der Waals surface area contributed by atoms with Crippen LogP contribution in [-0.4, -0.2) is 13.2 Å². The van der Waals surface area contributed by atoms with Crippen LogP contribution in [0.5, 0.6) is 0 Å². The van der Waals surface area contributed by atoms with E-state index in [1.807, 2.05) is 13.0 Å². The number of aryl methyl sites for hydroxylation is 1. The van der Waals surface area contributed by atoms with Crippen LogP contribution in [0.25, 0.3) is 0 Å². The van der Waals surface area contributed by atoms with Gasteiger partial charge >= 0.3 is 0 Å². The summed E-state index contributed by atoms with van der Waals surface area (Å²) in [5.74, 6) is -0.559. The molecule has 0 bridgehead atoms. The van der Waals surface area contributed by atoms with Crippen LogP contribution in [-0.2, 0) is 15.3 Å². The summed E-state index contributed by atoms with van der Waals surface area (Å²) < 4.78 is 12.2. The normalized spacial score (nSPS) is 19.9. The van der Waals surface area contributed by atoms with Crippen LogP contribution in [0, 0.1) is 6.92 Å². The van der Waals surface area contributed by atoms with Crippen molar-refractivity contribution in [1.82, 2.24) is 0 Å².